The molecule has 7 nitrogen and oxygen atoms in total. The van der Waals surface area contributed by atoms with Crippen molar-refractivity contribution in [2.45, 2.75) is 117 Å². The fraction of sp³-hybridized carbons (Fsp3) is 0.444. The maximum absolute atomic E-state index is 13.0. The molecule has 4 rings (SSSR count). The van der Waals surface area contributed by atoms with Crippen molar-refractivity contribution >= 4 is 28.7 Å². The van der Waals surface area contributed by atoms with Crippen LogP contribution in [0.5, 0.6) is 11.5 Å². The molecule has 52 heavy (non-hydrogen) atoms. The Morgan fingerprint density at radius 2 is 1.13 bits per heavy atom. The van der Waals surface area contributed by atoms with E-state index in [9.17, 15) is 14.4 Å². The highest BCUT2D eigenvalue weighted by Crippen LogP contribution is 2.26. The van der Waals surface area contributed by atoms with E-state index in [-0.39, 0.29) is 18.0 Å². The number of hydrogen-bond donors (Lipinski definition) is 0. The van der Waals surface area contributed by atoms with Gasteiger partial charge >= 0.3 is 17.9 Å². The Bertz CT molecular complexity index is 1680. The van der Waals surface area contributed by atoms with Crippen LogP contribution in [0.3, 0.4) is 0 Å². The molecule has 0 unspecified atom stereocenters. The van der Waals surface area contributed by atoms with Gasteiger partial charge in [0.2, 0.25) is 0 Å². The predicted molar refractivity (Wildman–Crippen MR) is 208 cm³/mol. The Labute approximate surface area is 310 Å². The summed E-state index contributed by atoms with van der Waals surface area (Å²) >= 11 is 0. The first-order valence-corrected chi connectivity index (χ1v) is 19.3. The maximum atomic E-state index is 13.0. The quantitative estimate of drug-likeness (QED) is 0.0430. The van der Waals surface area contributed by atoms with Crippen molar-refractivity contribution in [1.29, 1.82) is 0 Å². The Kier molecular flexibility index (Phi) is 17.2. The van der Waals surface area contributed by atoms with Crippen molar-refractivity contribution in [1.82, 2.24) is 0 Å². The Morgan fingerprint density at radius 1 is 0.558 bits per heavy atom. The molecule has 0 bridgehead atoms. The lowest BCUT2D eigenvalue weighted by molar-refractivity contribution is -0.143. The summed E-state index contributed by atoms with van der Waals surface area (Å²) in [7, 11) is 0. The SMILES string of the molecule is CCCCCCC(=O)OCCCCCCOc1ccc(-c2ccc(C(=O)Oc3ccc4cc(C(=O)O[C@@H](C)CCCCCC)ccc4c3)cc2)cc1. The fourth-order valence-electron chi connectivity index (χ4n) is 5.99. The lowest BCUT2D eigenvalue weighted by Gasteiger charge is -2.13. The summed E-state index contributed by atoms with van der Waals surface area (Å²) < 4.78 is 22.6. The third-order valence-corrected chi connectivity index (χ3v) is 9.14. The van der Waals surface area contributed by atoms with Crippen LogP contribution in [0.2, 0.25) is 0 Å². The van der Waals surface area contributed by atoms with Gasteiger partial charge in [-0.25, -0.2) is 9.59 Å². The number of unbranched alkanes of at least 4 members (excludes halogenated alkanes) is 9. The van der Waals surface area contributed by atoms with Gasteiger partial charge in [0.05, 0.1) is 30.4 Å². The minimum Gasteiger partial charge on any atom is -0.494 e. The molecule has 0 aliphatic rings. The van der Waals surface area contributed by atoms with Gasteiger partial charge in [0.25, 0.3) is 0 Å². The highest BCUT2D eigenvalue weighted by molar-refractivity contribution is 5.96. The summed E-state index contributed by atoms with van der Waals surface area (Å²) in [5, 5.41) is 1.73. The second kappa shape index (κ2) is 22.3. The van der Waals surface area contributed by atoms with Crippen LogP contribution >= 0.6 is 0 Å². The zero-order valence-electron chi connectivity index (χ0n) is 31.3. The number of esters is 3. The predicted octanol–water partition coefficient (Wildman–Crippen LogP) is 11.7. The Morgan fingerprint density at radius 3 is 1.85 bits per heavy atom. The van der Waals surface area contributed by atoms with Crippen LogP contribution < -0.4 is 9.47 Å². The fourth-order valence-corrected chi connectivity index (χ4v) is 5.99. The molecule has 0 amide bonds. The van der Waals surface area contributed by atoms with E-state index >= 15 is 0 Å². The third kappa shape index (κ3) is 13.8. The molecule has 0 radical (unpaired) electrons. The van der Waals surface area contributed by atoms with E-state index < -0.39 is 5.97 Å². The summed E-state index contributed by atoms with van der Waals surface area (Å²) in [5.41, 5.74) is 2.96. The third-order valence-electron chi connectivity index (χ3n) is 9.14. The van der Waals surface area contributed by atoms with Gasteiger partial charge in [0.1, 0.15) is 11.5 Å². The van der Waals surface area contributed by atoms with E-state index in [2.05, 4.69) is 13.8 Å². The van der Waals surface area contributed by atoms with Crippen LogP contribution in [0, 0.1) is 0 Å². The summed E-state index contributed by atoms with van der Waals surface area (Å²) in [6.45, 7) is 7.42. The van der Waals surface area contributed by atoms with Gasteiger partial charge in [0.15, 0.2) is 0 Å². The van der Waals surface area contributed by atoms with Crippen LogP contribution in [-0.4, -0.2) is 37.2 Å². The van der Waals surface area contributed by atoms with Crippen LogP contribution in [0.25, 0.3) is 21.9 Å². The minimum atomic E-state index is -0.443. The van der Waals surface area contributed by atoms with Crippen molar-refractivity contribution in [3.05, 3.63) is 96.1 Å². The van der Waals surface area contributed by atoms with E-state index in [0.717, 1.165) is 85.4 Å². The van der Waals surface area contributed by atoms with Gasteiger partial charge in [-0.1, -0.05) is 88.8 Å². The average molecular weight is 709 g/mol. The van der Waals surface area contributed by atoms with Gasteiger partial charge in [-0.2, -0.15) is 0 Å². The van der Waals surface area contributed by atoms with Crippen LogP contribution in [0.15, 0.2) is 84.9 Å². The molecule has 0 saturated heterocycles. The molecule has 0 saturated carbocycles. The van der Waals surface area contributed by atoms with Crippen molar-refractivity contribution in [3.8, 4) is 22.6 Å². The molecule has 1 atom stereocenters. The molecule has 0 heterocycles. The molecular formula is C45H56O7. The standard InChI is InChI=1S/C45H56O7/c1-4-6-8-12-16-34(3)51-45(48)40-23-22-39-33-42(29-26-38(39)32-40)52-44(47)37-20-18-35(19-21-37)36-24-27-41(28-25-36)49-30-14-10-11-15-31-50-43(46)17-13-9-7-5-2/h18-29,32-34H,4-17,30-31H2,1-3H3/t34-/m0/s1. The molecule has 278 valence electrons. The molecule has 0 fully saturated rings. The average Bonchev–Trinajstić information content (AvgIpc) is 3.16. The van der Waals surface area contributed by atoms with Crippen molar-refractivity contribution in [3.63, 3.8) is 0 Å². The van der Waals surface area contributed by atoms with E-state index in [1.807, 2.05) is 61.5 Å². The lowest BCUT2D eigenvalue weighted by Crippen LogP contribution is -2.15. The number of fused-ring (bicyclic) bond motifs is 1. The largest absolute Gasteiger partial charge is 0.494 e. The number of ether oxygens (including phenoxy) is 4. The summed E-state index contributed by atoms with van der Waals surface area (Å²) in [6, 6.07) is 26.1. The molecule has 0 N–H and O–H groups in total. The minimum absolute atomic E-state index is 0.0751. The van der Waals surface area contributed by atoms with Gasteiger partial charge < -0.3 is 18.9 Å². The van der Waals surface area contributed by atoms with E-state index in [0.29, 0.717) is 36.5 Å². The number of hydrogen-bond acceptors (Lipinski definition) is 7. The highest BCUT2D eigenvalue weighted by Gasteiger charge is 2.14. The number of carbonyl (C=O) groups excluding carboxylic acids is 3. The van der Waals surface area contributed by atoms with E-state index in [4.69, 9.17) is 18.9 Å². The second-order valence-corrected chi connectivity index (χ2v) is 13.6. The number of benzene rings is 4. The molecular weight excluding hydrogens is 652 g/mol. The lowest BCUT2D eigenvalue weighted by atomic mass is 10.0. The second-order valence-electron chi connectivity index (χ2n) is 13.6. The monoisotopic (exact) mass is 708 g/mol. The maximum Gasteiger partial charge on any atom is 0.343 e. The smallest absolute Gasteiger partial charge is 0.343 e. The van der Waals surface area contributed by atoms with Crippen LogP contribution in [0.4, 0.5) is 0 Å². The molecule has 0 spiro atoms. The normalized spacial score (nSPS) is 11.6. The Hall–Kier alpha value is -4.65. The number of carbonyl (C=O) groups is 3. The highest BCUT2D eigenvalue weighted by atomic mass is 16.5. The zero-order chi connectivity index (χ0) is 37.0. The molecule has 7 heteroatoms. The van der Waals surface area contributed by atoms with Gasteiger partial charge in [-0.3, -0.25) is 4.79 Å². The van der Waals surface area contributed by atoms with E-state index in [1.165, 1.54) is 25.7 Å². The van der Waals surface area contributed by atoms with Crippen molar-refractivity contribution in [2.75, 3.05) is 13.2 Å². The van der Waals surface area contributed by atoms with Crippen molar-refractivity contribution in [2.24, 2.45) is 0 Å². The van der Waals surface area contributed by atoms with Crippen molar-refractivity contribution < 1.29 is 33.3 Å². The summed E-state index contributed by atoms with van der Waals surface area (Å²) in [4.78, 5) is 37.4. The van der Waals surface area contributed by atoms with Crippen LogP contribution in [0.1, 0.15) is 131 Å². The molecule has 0 aromatic heterocycles. The number of rotatable bonds is 23. The van der Waals surface area contributed by atoms with Gasteiger partial charge in [-0.15, -0.1) is 0 Å². The zero-order valence-corrected chi connectivity index (χ0v) is 31.3. The first-order chi connectivity index (χ1) is 25.4. The molecule has 0 aliphatic heterocycles. The van der Waals surface area contributed by atoms with Gasteiger partial charge in [-0.05, 0) is 122 Å². The first-order valence-electron chi connectivity index (χ1n) is 19.3. The van der Waals surface area contributed by atoms with Crippen LogP contribution in [-0.2, 0) is 14.3 Å². The first kappa shape index (κ1) is 40.1. The van der Waals surface area contributed by atoms with Gasteiger partial charge in [0, 0.05) is 6.42 Å². The summed E-state index contributed by atoms with van der Waals surface area (Å²) in [6.07, 6.45) is 14.1. The summed E-state index contributed by atoms with van der Waals surface area (Å²) in [5.74, 6) is 0.407. The Balaban J connectivity index is 1.17. The molecule has 4 aromatic carbocycles. The molecule has 4 aromatic rings. The topological polar surface area (TPSA) is 88.1 Å². The molecule has 0 aliphatic carbocycles. The van der Waals surface area contributed by atoms with E-state index in [1.54, 1.807) is 30.3 Å².